The van der Waals surface area contributed by atoms with E-state index in [9.17, 15) is 9.59 Å². The Morgan fingerprint density at radius 3 is 2.40 bits per heavy atom. The highest BCUT2D eigenvalue weighted by atomic mass is 16.5. The van der Waals surface area contributed by atoms with E-state index >= 15 is 0 Å². The maximum atomic E-state index is 12.7. The van der Waals surface area contributed by atoms with Gasteiger partial charge in [-0.3, -0.25) is 9.59 Å². The number of nitrogens with one attached hydrogen (secondary N) is 1. The maximum Gasteiger partial charge on any atom is 0.251 e. The molecule has 2 amide bonds. The van der Waals surface area contributed by atoms with Crippen molar-refractivity contribution in [1.82, 2.24) is 10.2 Å². The molecule has 0 atom stereocenters. The average Bonchev–Trinajstić information content (AvgIpc) is 2.73. The second-order valence-electron chi connectivity index (χ2n) is 9.06. The summed E-state index contributed by atoms with van der Waals surface area (Å²) in [6.45, 7) is 10.0. The molecule has 168 valence electrons. The molecule has 30 heavy (non-hydrogen) atoms. The van der Waals surface area contributed by atoms with Crippen molar-refractivity contribution in [3.63, 3.8) is 0 Å². The van der Waals surface area contributed by atoms with Crippen LogP contribution < -0.4 is 14.8 Å². The monoisotopic (exact) mass is 418 g/mol. The average molecular weight is 419 g/mol. The molecule has 1 aromatic rings. The molecule has 1 saturated heterocycles. The van der Waals surface area contributed by atoms with Gasteiger partial charge in [-0.25, -0.2) is 0 Å². The fraction of sp³-hybridized carbons (Fsp3) is 0.667. The lowest BCUT2D eigenvalue weighted by Gasteiger charge is -2.36. The molecule has 0 aromatic heterocycles. The van der Waals surface area contributed by atoms with Gasteiger partial charge in [0.05, 0.1) is 13.7 Å². The van der Waals surface area contributed by atoms with Crippen LogP contribution in [0.15, 0.2) is 18.2 Å². The van der Waals surface area contributed by atoms with Gasteiger partial charge in [-0.15, -0.1) is 0 Å². The molecule has 2 rings (SSSR count). The van der Waals surface area contributed by atoms with Crippen LogP contribution in [-0.4, -0.2) is 49.6 Å². The molecule has 1 heterocycles. The maximum absolute atomic E-state index is 12.7. The van der Waals surface area contributed by atoms with Crippen LogP contribution in [0.25, 0.3) is 0 Å². The minimum Gasteiger partial charge on any atom is -0.493 e. The van der Waals surface area contributed by atoms with Crippen molar-refractivity contribution in [2.75, 3.05) is 26.8 Å². The second kappa shape index (κ2) is 11.2. The zero-order chi connectivity index (χ0) is 22.1. The highest BCUT2D eigenvalue weighted by Gasteiger charge is 2.30. The summed E-state index contributed by atoms with van der Waals surface area (Å²) in [5.74, 6) is 1.29. The molecule has 1 aliphatic rings. The summed E-state index contributed by atoms with van der Waals surface area (Å²) >= 11 is 0. The van der Waals surface area contributed by atoms with Gasteiger partial charge >= 0.3 is 0 Å². The first kappa shape index (κ1) is 24.0. The first-order valence-corrected chi connectivity index (χ1v) is 11.2. The minimum atomic E-state index is -0.369. The lowest BCUT2D eigenvalue weighted by molar-refractivity contribution is -0.140. The van der Waals surface area contributed by atoms with Crippen molar-refractivity contribution in [2.45, 2.75) is 72.3 Å². The highest BCUT2D eigenvalue weighted by molar-refractivity contribution is 5.95. The fourth-order valence-electron chi connectivity index (χ4n) is 3.61. The molecule has 0 aliphatic carbocycles. The van der Waals surface area contributed by atoms with Gasteiger partial charge in [0.1, 0.15) is 0 Å². The summed E-state index contributed by atoms with van der Waals surface area (Å²) in [5, 5.41) is 3.10. The number of rotatable bonds is 9. The predicted molar refractivity (Wildman–Crippen MR) is 119 cm³/mol. The topological polar surface area (TPSA) is 67.9 Å². The molecular formula is C24H38N2O4. The van der Waals surface area contributed by atoms with E-state index in [2.05, 4.69) is 12.2 Å². The van der Waals surface area contributed by atoms with Crippen molar-refractivity contribution < 1.29 is 19.1 Å². The third-order valence-corrected chi connectivity index (χ3v) is 5.44. The summed E-state index contributed by atoms with van der Waals surface area (Å²) < 4.78 is 11.3. The van der Waals surface area contributed by atoms with Gasteiger partial charge in [0, 0.05) is 30.1 Å². The number of ether oxygens (including phenoxy) is 2. The molecule has 1 aliphatic heterocycles. The molecule has 1 aromatic carbocycles. The molecule has 1 N–H and O–H groups in total. The van der Waals surface area contributed by atoms with E-state index in [1.54, 1.807) is 25.3 Å². The molecular weight excluding hydrogens is 380 g/mol. The Balaban J connectivity index is 1.87. The van der Waals surface area contributed by atoms with Gasteiger partial charge in [0.15, 0.2) is 11.5 Å². The number of carbonyl (C=O) groups is 2. The number of nitrogens with zero attached hydrogens (tertiary/aromatic N) is 1. The number of amides is 2. The van der Waals surface area contributed by atoms with Gasteiger partial charge in [-0.2, -0.15) is 0 Å². The van der Waals surface area contributed by atoms with Crippen molar-refractivity contribution >= 4 is 11.8 Å². The quantitative estimate of drug-likeness (QED) is 0.603. The summed E-state index contributed by atoms with van der Waals surface area (Å²) in [7, 11) is 1.59. The first-order valence-electron chi connectivity index (χ1n) is 11.2. The SMILES string of the molecule is CCCCCCOc1ccc(C(=O)NC2CCN(C(=O)C(C)(C)C)CC2)cc1OC. The number of likely N-dealkylation sites (tertiary alicyclic amines) is 1. The van der Waals surface area contributed by atoms with Gasteiger partial charge in [0.2, 0.25) is 5.91 Å². The largest absolute Gasteiger partial charge is 0.493 e. The number of benzene rings is 1. The lowest BCUT2D eigenvalue weighted by atomic mass is 9.93. The summed E-state index contributed by atoms with van der Waals surface area (Å²) in [5.41, 5.74) is 0.185. The van der Waals surface area contributed by atoms with E-state index in [4.69, 9.17) is 9.47 Å². The van der Waals surface area contributed by atoms with Crippen molar-refractivity contribution in [3.05, 3.63) is 23.8 Å². The number of piperidine rings is 1. The number of unbranched alkanes of at least 4 members (excludes halogenated alkanes) is 3. The van der Waals surface area contributed by atoms with E-state index < -0.39 is 0 Å². The Hall–Kier alpha value is -2.24. The molecule has 0 bridgehead atoms. The van der Waals surface area contributed by atoms with Crippen LogP contribution in [0.1, 0.15) is 76.6 Å². The number of carbonyl (C=O) groups excluding carboxylic acids is 2. The van der Waals surface area contributed by atoms with E-state index in [0.29, 0.717) is 36.8 Å². The minimum absolute atomic E-state index is 0.0713. The molecule has 0 saturated carbocycles. The smallest absolute Gasteiger partial charge is 0.251 e. The van der Waals surface area contributed by atoms with Crippen LogP contribution in [0.3, 0.4) is 0 Å². The molecule has 6 nitrogen and oxygen atoms in total. The number of hydrogen-bond acceptors (Lipinski definition) is 4. The Morgan fingerprint density at radius 2 is 1.80 bits per heavy atom. The lowest BCUT2D eigenvalue weighted by Crippen LogP contribution is -2.49. The number of methoxy groups -OCH3 is 1. The predicted octanol–water partition coefficient (Wildman–Crippen LogP) is 4.42. The molecule has 0 spiro atoms. The van der Waals surface area contributed by atoms with Crippen molar-refractivity contribution in [3.8, 4) is 11.5 Å². The highest BCUT2D eigenvalue weighted by Crippen LogP contribution is 2.28. The molecule has 0 unspecified atom stereocenters. The van der Waals surface area contributed by atoms with E-state index in [1.165, 1.54) is 12.8 Å². The summed E-state index contributed by atoms with van der Waals surface area (Å²) in [6.07, 6.45) is 6.10. The van der Waals surface area contributed by atoms with Crippen LogP contribution in [0.4, 0.5) is 0 Å². The Bertz CT molecular complexity index is 704. The van der Waals surface area contributed by atoms with E-state index in [-0.39, 0.29) is 23.3 Å². The third kappa shape index (κ3) is 6.92. The van der Waals surface area contributed by atoms with Crippen LogP contribution in [0.5, 0.6) is 11.5 Å². The molecule has 6 heteroatoms. The third-order valence-electron chi connectivity index (χ3n) is 5.44. The standard InChI is InChI=1S/C24H38N2O4/c1-6-7-8-9-16-30-20-11-10-18(17-21(20)29-5)22(27)25-19-12-14-26(15-13-19)23(28)24(2,3)4/h10-11,17,19H,6-9,12-16H2,1-5H3,(H,25,27). The zero-order valence-electron chi connectivity index (χ0n) is 19.3. The normalized spacial score (nSPS) is 15.0. The van der Waals surface area contributed by atoms with E-state index in [1.807, 2.05) is 25.7 Å². The summed E-state index contributed by atoms with van der Waals surface area (Å²) in [6, 6.07) is 5.38. The van der Waals surface area contributed by atoms with Gasteiger partial charge in [-0.05, 0) is 37.5 Å². The van der Waals surface area contributed by atoms with Gasteiger partial charge in [-0.1, -0.05) is 47.0 Å². The Morgan fingerprint density at radius 1 is 1.10 bits per heavy atom. The van der Waals surface area contributed by atoms with Crippen LogP contribution >= 0.6 is 0 Å². The molecule has 0 radical (unpaired) electrons. The Kier molecular flexibility index (Phi) is 9.00. The van der Waals surface area contributed by atoms with Crippen LogP contribution in [0, 0.1) is 5.41 Å². The van der Waals surface area contributed by atoms with E-state index in [0.717, 1.165) is 25.7 Å². The number of hydrogen-bond donors (Lipinski definition) is 1. The van der Waals surface area contributed by atoms with Gasteiger partial charge < -0.3 is 19.7 Å². The first-order chi connectivity index (χ1) is 14.3. The van der Waals surface area contributed by atoms with Crippen LogP contribution in [-0.2, 0) is 4.79 Å². The van der Waals surface area contributed by atoms with Crippen LogP contribution in [0.2, 0.25) is 0 Å². The van der Waals surface area contributed by atoms with Gasteiger partial charge in [0.25, 0.3) is 5.91 Å². The van der Waals surface area contributed by atoms with Crippen molar-refractivity contribution in [1.29, 1.82) is 0 Å². The fourth-order valence-corrected chi connectivity index (χ4v) is 3.61. The Labute approximate surface area is 181 Å². The second-order valence-corrected chi connectivity index (χ2v) is 9.06. The van der Waals surface area contributed by atoms with Crippen molar-refractivity contribution in [2.24, 2.45) is 5.41 Å². The molecule has 1 fully saturated rings. The summed E-state index contributed by atoms with van der Waals surface area (Å²) in [4.78, 5) is 27.0. The zero-order valence-corrected chi connectivity index (χ0v) is 19.3.